The number of amides is 2. The SMILES string of the molecule is C=CCO[C@@H]1O[C@H](COCc2ccccc2)[C@@H](O[C@@H]2O[C@H](COCc3ccccc3)[C@H](OCc3ccccc3)[C@H](OCc3ccccc3)[C@H]2OC(=O)OC)[C@H](OC(C)=O)[C@H]1N1C(=O)c2ccccc2C1=O. The molecule has 71 heavy (non-hydrogen) atoms. The number of rotatable bonds is 22. The van der Waals surface area contributed by atoms with Crippen molar-refractivity contribution in [1.29, 1.82) is 0 Å². The average molecular weight is 972 g/mol. The van der Waals surface area contributed by atoms with Gasteiger partial charge in [-0.15, -0.1) is 6.58 Å². The van der Waals surface area contributed by atoms with Gasteiger partial charge >= 0.3 is 12.1 Å². The van der Waals surface area contributed by atoms with Gasteiger partial charge in [0.15, 0.2) is 24.8 Å². The molecule has 3 aliphatic rings. The van der Waals surface area contributed by atoms with E-state index in [2.05, 4.69) is 6.58 Å². The molecule has 5 aromatic carbocycles. The monoisotopic (exact) mass is 971 g/mol. The van der Waals surface area contributed by atoms with E-state index in [9.17, 15) is 19.2 Å². The molecule has 0 N–H and O–H groups in total. The lowest BCUT2D eigenvalue weighted by molar-refractivity contribution is -0.359. The van der Waals surface area contributed by atoms with E-state index in [0.29, 0.717) is 0 Å². The molecule has 3 heterocycles. The molecule has 2 saturated heterocycles. The Labute approximate surface area is 412 Å². The summed E-state index contributed by atoms with van der Waals surface area (Å²) in [7, 11) is 1.16. The van der Waals surface area contributed by atoms with Crippen LogP contribution in [0.3, 0.4) is 0 Å². The zero-order valence-corrected chi connectivity index (χ0v) is 39.4. The van der Waals surface area contributed by atoms with Crippen LogP contribution in [0.4, 0.5) is 4.79 Å². The maximum atomic E-state index is 14.4. The van der Waals surface area contributed by atoms with Crippen molar-refractivity contribution in [3.63, 3.8) is 0 Å². The van der Waals surface area contributed by atoms with E-state index in [1.807, 2.05) is 121 Å². The summed E-state index contributed by atoms with van der Waals surface area (Å²) in [5, 5.41) is 0. The number of carbonyl (C=O) groups excluding carboxylic acids is 4. The van der Waals surface area contributed by atoms with Crippen molar-refractivity contribution in [3.8, 4) is 0 Å². The molecule has 0 aliphatic carbocycles. The van der Waals surface area contributed by atoms with Crippen molar-refractivity contribution in [2.24, 2.45) is 0 Å². The van der Waals surface area contributed by atoms with Crippen LogP contribution in [0.15, 0.2) is 158 Å². The molecule has 0 bridgehead atoms. The fraction of sp³-hybridized carbons (Fsp3) is 0.345. The molecule has 10 atom stereocenters. The summed E-state index contributed by atoms with van der Waals surface area (Å²) in [6, 6.07) is 42.8. The lowest BCUT2D eigenvalue weighted by Crippen LogP contribution is -2.69. The molecule has 0 saturated carbocycles. The number of methoxy groups -OCH3 is 1. The van der Waals surface area contributed by atoms with Crippen LogP contribution in [-0.2, 0) is 83.3 Å². The minimum Gasteiger partial charge on any atom is -0.457 e. The van der Waals surface area contributed by atoms with Gasteiger partial charge in [-0.2, -0.15) is 0 Å². The predicted octanol–water partition coefficient (Wildman–Crippen LogP) is 7.38. The number of nitrogens with zero attached hydrogens (tertiary/aromatic N) is 1. The number of esters is 1. The smallest absolute Gasteiger partial charge is 0.457 e. The number of fused-ring (bicyclic) bond motifs is 1. The van der Waals surface area contributed by atoms with Crippen LogP contribution in [0.1, 0.15) is 49.9 Å². The topological polar surface area (TPSA) is 173 Å². The summed E-state index contributed by atoms with van der Waals surface area (Å²) >= 11 is 0. The van der Waals surface area contributed by atoms with Gasteiger partial charge < -0.3 is 52.1 Å². The highest BCUT2D eigenvalue weighted by Crippen LogP contribution is 2.39. The predicted molar refractivity (Wildman–Crippen MR) is 254 cm³/mol. The van der Waals surface area contributed by atoms with E-state index in [4.69, 9.17) is 52.1 Å². The van der Waals surface area contributed by atoms with Crippen LogP contribution in [0.5, 0.6) is 0 Å². The number of ether oxygens (including phenoxy) is 11. The highest BCUT2D eigenvalue weighted by atomic mass is 16.8. The summed E-state index contributed by atoms with van der Waals surface area (Å²) < 4.78 is 70.2. The third-order valence-corrected chi connectivity index (χ3v) is 12.1. The molecule has 16 heteroatoms. The van der Waals surface area contributed by atoms with Crippen LogP contribution < -0.4 is 0 Å². The lowest BCUT2D eigenvalue weighted by atomic mass is 9.93. The van der Waals surface area contributed by atoms with Crippen molar-refractivity contribution in [3.05, 3.63) is 192 Å². The molecule has 0 aromatic heterocycles. The molecule has 5 aromatic rings. The van der Waals surface area contributed by atoms with Crippen molar-refractivity contribution in [2.45, 2.75) is 94.7 Å². The molecule has 2 fully saturated rings. The van der Waals surface area contributed by atoms with Gasteiger partial charge in [-0.05, 0) is 34.4 Å². The third kappa shape index (κ3) is 12.8. The zero-order chi connectivity index (χ0) is 49.5. The quantitative estimate of drug-likeness (QED) is 0.0382. The second-order valence-corrected chi connectivity index (χ2v) is 17.0. The lowest BCUT2D eigenvalue weighted by Gasteiger charge is -2.50. The van der Waals surface area contributed by atoms with Crippen LogP contribution in [-0.4, -0.2) is 117 Å². The number of hydrogen-bond acceptors (Lipinski definition) is 15. The molecule has 8 rings (SSSR count). The van der Waals surface area contributed by atoms with Gasteiger partial charge in [0.2, 0.25) is 0 Å². The van der Waals surface area contributed by atoms with Crippen LogP contribution in [0.2, 0.25) is 0 Å². The Morgan fingerprint density at radius 1 is 0.549 bits per heavy atom. The fourth-order valence-corrected chi connectivity index (χ4v) is 8.79. The highest BCUT2D eigenvalue weighted by Gasteiger charge is 2.59. The van der Waals surface area contributed by atoms with E-state index >= 15 is 0 Å². The van der Waals surface area contributed by atoms with E-state index in [1.165, 1.54) is 25.1 Å². The van der Waals surface area contributed by atoms with Gasteiger partial charge in [0, 0.05) is 6.92 Å². The van der Waals surface area contributed by atoms with Crippen LogP contribution >= 0.6 is 0 Å². The van der Waals surface area contributed by atoms with Crippen molar-refractivity contribution in [2.75, 3.05) is 26.9 Å². The van der Waals surface area contributed by atoms with E-state index in [0.717, 1.165) is 34.3 Å². The van der Waals surface area contributed by atoms with Crippen molar-refractivity contribution < 1.29 is 71.3 Å². The molecule has 0 spiro atoms. The summed E-state index contributed by atoms with van der Waals surface area (Å²) in [5.74, 6) is -2.13. The molecular weight excluding hydrogens is 915 g/mol. The van der Waals surface area contributed by atoms with Crippen molar-refractivity contribution >= 4 is 23.9 Å². The number of benzene rings is 5. The Morgan fingerprint density at radius 3 is 1.48 bits per heavy atom. The van der Waals surface area contributed by atoms with Crippen LogP contribution in [0, 0.1) is 0 Å². The Kier molecular flexibility index (Phi) is 17.9. The van der Waals surface area contributed by atoms with Gasteiger partial charge in [-0.3, -0.25) is 19.3 Å². The molecule has 16 nitrogen and oxygen atoms in total. The van der Waals surface area contributed by atoms with Crippen molar-refractivity contribution in [1.82, 2.24) is 4.90 Å². The van der Waals surface area contributed by atoms with Gasteiger partial charge in [-0.25, -0.2) is 4.79 Å². The van der Waals surface area contributed by atoms with E-state index in [-0.39, 0.29) is 57.4 Å². The Morgan fingerprint density at radius 2 is 1.00 bits per heavy atom. The fourth-order valence-electron chi connectivity index (χ4n) is 8.79. The first kappa shape index (κ1) is 50.8. The van der Waals surface area contributed by atoms with Gasteiger partial charge in [0.05, 0.1) is 64.5 Å². The number of carbonyl (C=O) groups is 4. The van der Waals surface area contributed by atoms with E-state index < -0.39 is 85.3 Å². The van der Waals surface area contributed by atoms with Gasteiger partial charge in [-0.1, -0.05) is 140 Å². The second kappa shape index (κ2) is 25.0. The minimum atomic E-state index is -1.59. The largest absolute Gasteiger partial charge is 0.508 e. The maximum absolute atomic E-state index is 14.4. The van der Waals surface area contributed by atoms with Gasteiger partial charge in [0.25, 0.3) is 11.8 Å². The average Bonchev–Trinajstić information content (AvgIpc) is 3.64. The third-order valence-electron chi connectivity index (χ3n) is 12.1. The standard InChI is InChI=1S/C55H57NO15/c1-4-29-64-53-45(56-51(58)41-27-17-18-28-42(41)52(56)59)48(67-36(2)57)47(44(68-53)35-63-31-38-21-11-6-12-22-38)70-54-50(71-55(60)61-3)49(66-33-40-25-15-8-16-26-40)46(65-32-39-23-13-7-14-24-39)43(69-54)34-62-30-37-19-9-5-10-20-37/h4-28,43-50,53-54H,1,29-35H2,2-3H3/t43-,44-,45-,46+,47-,48-,49+,50-,53-,54+/m1/s1. The summed E-state index contributed by atoms with van der Waals surface area (Å²) in [6.45, 7) is 5.10. The first-order valence-electron chi connectivity index (χ1n) is 23.3. The molecule has 3 aliphatic heterocycles. The highest BCUT2D eigenvalue weighted by molar-refractivity contribution is 6.21. The summed E-state index contributed by atoms with van der Waals surface area (Å²) in [5.41, 5.74) is 3.65. The van der Waals surface area contributed by atoms with Gasteiger partial charge in [0.1, 0.15) is 36.6 Å². The minimum absolute atomic E-state index is 0.0325. The van der Waals surface area contributed by atoms with E-state index in [1.54, 1.807) is 12.1 Å². The Bertz CT molecular complexity index is 2480. The molecule has 0 unspecified atom stereocenters. The number of hydrogen-bond donors (Lipinski definition) is 0. The molecule has 372 valence electrons. The maximum Gasteiger partial charge on any atom is 0.508 e. The molecule has 0 radical (unpaired) electrons. The molecule has 2 amide bonds. The first-order valence-corrected chi connectivity index (χ1v) is 23.3. The summed E-state index contributed by atoms with van der Waals surface area (Å²) in [4.78, 5) is 56.5. The normalized spacial score (nSPS) is 25.0. The van der Waals surface area contributed by atoms with Crippen LogP contribution in [0.25, 0.3) is 0 Å². The zero-order valence-electron chi connectivity index (χ0n) is 39.4. The Hall–Kier alpha value is -6.60. The second-order valence-electron chi connectivity index (χ2n) is 17.0. The number of imide groups is 1. The molecular formula is C55H57NO15. The summed E-state index contributed by atoms with van der Waals surface area (Å²) in [6.07, 6.45) is -11.3. The Balaban J connectivity index is 1.21. The first-order chi connectivity index (χ1) is 34.7.